The van der Waals surface area contributed by atoms with E-state index in [9.17, 15) is 14.7 Å². The summed E-state index contributed by atoms with van der Waals surface area (Å²) in [6, 6.07) is 1.53. The van der Waals surface area contributed by atoms with E-state index < -0.39 is 11.9 Å². The molecule has 116 valence electrons. The maximum absolute atomic E-state index is 12.0. The summed E-state index contributed by atoms with van der Waals surface area (Å²) in [4.78, 5) is 23.7. The molecule has 0 aromatic heterocycles. The first-order chi connectivity index (χ1) is 9.58. The largest absolute Gasteiger partial charge is 0.478 e. The summed E-state index contributed by atoms with van der Waals surface area (Å²) in [6.45, 7) is 9.84. The summed E-state index contributed by atoms with van der Waals surface area (Å²) in [6.07, 6.45) is 0.562. The number of hydrogen-bond donors (Lipinski definition) is 1. The number of aromatic carboxylic acids is 1. The lowest BCUT2D eigenvalue weighted by atomic mass is 9.83. The lowest BCUT2D eigenvalue weighted by Gasteiger charge is -2.23. The molecule has 0 unspecified atom stereocenters. The number of benzene rings is 1. The first-order valence-electron chi connectivity index (χ1n) is 6.81. The maximum Gasteiger partial charge on any atom is 0.339 e. The molecule has 0 saturated carbocycles. The molecule has 0 fully saturated rings. The summed E-state index contributed by atoms with van der Waals surface area (Å²) in [5.41, 5.74) is 1.56. The quantitative estimate of drug-likeness (QED) is 0.820. The topological polar surface area (TPSA) is 63.6 Å². The molecule has 1 N–H and O–H groups in total. The standard InChI is InChI=1S/C16H21BrO4/c1-6-21-15(20)10-7-12(17)9(2)11(8-16(3,4)5)13(10)14(18)19/h7H,6,8H2,1-5H3,(H,18,19). The normalized spacial score (nSPS) is 11.3. The van der Waals surface area contributed by atoms with Crippen molar-refractivity contribution < 1.29 is 19.4 Å². The lowest BCUT2D eigenvalue weighted by Crippen LogP contribution is -2.19. The number of carbonyl (C=O) groups is 2. The van der Waals surface area contributed by atoms with Crippen molar-refractivity contribution in [3.63, 3.8) is 0 Å². The van der Waals surface area contributed by atoms with Crippen LogP contribution in [0.5, 0.6) is 0 Å². The van der Waals surface area contributed by atoms with Crippen LogP contribution in [-0.4, -0.2) is 23.7 Å². The van der Waals surface area contributed by atoms with Crippen LogP contribution in [0.2, 0.25) is 0 Å². The fraction of sp³-hybridized carbons (Fsp3) is 0.500. The van der Waals surface area contributed by atoms with E-state index >= 15 is 0 Å². The highest BCUT2D eigenvalue weighted by Crippen LogP contribution is 2.32. The van der Waals surface area contributed by atoms with Gasteiger partial charge in [-0.3, -0.25) is 0 Å². The van der Waals surface area contributed by atoms with Crippen LogP contribution in [0, 0.1) is 12.3 Å². The number of hydrogen-bond acceptors (Lipinski definition) is 3. The molecule has 1 rings (SSSR count). The Morgan fingerprint density at radius 1 is 1.33 bits per heavy atom. The zero-order valence-corrected chi connectivity index (χ0v) is 14.6. The molecule has 1 aromatic carbocycles. The minimum Gasteiger partial charge on any atom is -0.478 e. The fourth-order valence-electron chi connectivity index (χ4n) is 2.17. The number of carboxylic acids is 1. The van der Waals surface area contributed by atoms with Crippen molar-refractivity contribution >= 4 is 27.9 Å². The lowest BCUT2D eigenvalue weighted by molar-refractivity contribution is 0.0514. The van der Waals surface area contributed by atoms with Gasteiger partial charge < -0.3 is 9.84 Å². The van der Waals surface area contributed by atoms with Gasteiger partial charge in [0.05, 0.1) is 17.7 Å². The minimum atomic E-state index is -1.10. The summed E-state index contributed by atoms with van der Waals surface area (Å²) < 4.78 is 5.69. The van der Waals surface area contributed by atoms with Crippen molar-refractivity contribution in [1.82, 2.24) is 0 Å². The number of ether oxygens (including phenoxy) is 1. The van der Waals surface area contributed by atoms with E-state index in [1.807, 2.05) is 27.7 Å². The van der Waals surface area contributed by atoms with Crippen LogP contribution in [0.4, 0.5) is 0 Å². The van der Waals surface area contributed by atoms with Crippen LogP contribution >= 0.6 is 15.9 Å². The second-order valence-corrected chi connectivity index (χ2v) is 7.00. The highest BCUT2D eigenvalue weighted by atomic mass is 79.9. The van der Waals surface area contributed by atoms with Gasteiger partial charge in [-0.05, 0) is 42.9 Å². The Morgan fingerprint density at radius 3 is 2.33 bits per heavy atom. The molecule has 4 nitrogen and oxygen atoms in total. The molecule has 0 atom stereocenters. The average molecular weight is 357 g/mol. The van der Waals surface area contributed by atoms with Crippen LogP contribution in [0.25, 0.3) is 0 Å². The fourth-order valence-corrected chi connectivity index (χ4v) is 2.63. The van der Waals surface area contributed by atoms with Crippen molar-refractivity contribution in [2.75, 3.05) is 6.61 Å². The molecule has 0 spiro atoms. The van der Waals surface area contributed by atoms with Gasteiger partial charge in [0, 0.05) is 4.47 Å². The van der Waals surface area contributed by atoms with E-state index in [0.717, 1.165) is 10.0 Å². The summed E-state index contributed by atoms with van der Waals surface area (Å²) in [5.74, 6) is -1.71. The predicted octanol–water partition coefficient (Wildman–Crippen LogP) is 4.22. The first kappa shape index (κ1) is 17.7. The van der Waals surface area contributed by atoms with Crippen LogP contribution in [-0.2, 0) is 11.2 Å². The number of carboxylic acid groups (broad SMARTS) is 1. The van der Waals surface area contributed by atoms with Crippen LogP contribution in [0.15, 0.2) is 10.5 Å². The third-order valence-electron chi connectivity index (χ3n) is 3.07. The van der Waals surface area contributed by atoms with Gasteiger partial charge in [-0.25, -0.2) is 9.59 Å². The molecule has 0 bridgehead atoms. The highest BCUT2D eigenvalue weighted by molar-refractivity contribution is 9.10. The highest BCUT2D eigenvalue weighted by Gasteiger charge is 2.27. The van der Waals surface area contributed by atoms with Crippen molar-refractivity contribution in [2.45, 2.75) is 41.0 Å². The minimum absolute atomic E-state index is 0.0454. The molecule has 0 aliphatic rings. The molecule has 1 aromatic rings. The molecule has 5 heteroatoms. The zero-order chi connectivity index (χ0) is 16.4. The van der Waals surface area contributed by atoms with Gasteiger partial charge in [0.25, 0.3) is 0 Å². The van der Waals surface area contributed by atoms with Gasteiger partial charge in [0.2, 0.25) is 0 Å². The molecule has 0 saturated heterocycles. The predicted molar refractivity (Wildman–Crippen MR) is 85.0 cm³/mol. The van der Waals surface area contributed by atoms with Crippen molar-refractivity contribution in [3.05, 3.63) is 32.8 Å². The first-order valence-corrected chi connectivity index (χ1v) is 7.60. The van der Waals surface area contributed by atoms with Crippen molar-refractivity contribution in [2.24, 2.45) is 5.41 Å². The Morgan fingerprint density at radius 2 is 1.90 bits per heavy atom. The molecule has 21 heavy (non-hydrogen) atoms. The van der Waals surface area contributed by atoms with Crippen LogP contribution in [0.1, 0.15) is 59.5 Å². The van der Waals surface area contributed by atoms with Crippen molar-refractivity contribution in [1.29, 1.82) is 0 Å². The van der Waals surface area contributed by atoms with E-state index in [-0.39, 0.29) is 23.1 Å². The monoisotopic (exact) mass is 356 g/mol. The third kappa shape index (κ3) is 4.30. The third-order valence-corrected chi connectivity index (χ3v) is 3.89. The Labute approximate surface area is 133 Å². The molecule has 0 aliphatic carbocycles. The average Bonchev–Trinajstić information content (AvgIpc) is 2.32. The number of halogens is 1. The van der Waals surface area contributed by atoms with Gasteiger partial charge in [-0.1, -0.05) is 36.7 Å². The van der Waals surface area contributed by atoms with E-state index in [1.54, 1.807) is 6.92 Å². The zero-order valence-electron chi connectivity index (χ0n) is 13.0. The number of esters is 1. The Bertz CT molecular complexity index is 571. The van der Waals surface area contributed by atoms with Gasteiger partial charge in [-0.2, -0.15) is 0 Å². The van der Waals surface area contributed by atoms with E-state index in [1.165, 1.54) is 6.07 Å². The maximum atomic E-state index is 12.0. The molecule has 0 radical (unpaired) electrons. The van der Waals surface area contributed by atoms with Crippen molar-refractivity contribution in [3.8, 4) is 0 Å². The van der Waals surface area contributed by atoms with E-state index in [4.69, 9.17) is 4.74 Å². The number of rotatable bonds is 4. The van der Waals surface area contributed by atoms with Crippen LogP contribution in [0.3, 0.4) is 0 Å². The molecular weight excluding hydrogens is 336 g/mol. The summed E-state index contributed by atoms with van der Waals surface area (Å²) >= 11 is 3.41. The van der Waals surface area contributed by atoms with Gasteiger partial charge in [0.1, 0.15) is 0 Å². The molecule has 0 heterocycles. The summed E-state index contributed by atoms with van der Waals surface area (Å²) in [5, 5.41) is 9.55. The van der Waals surface area contributed by atoms with E-state index in [0.29, 0.717) is 12.0 Å². The second kappa shape index (κ2) is 6.60. The Hall–Kier alpha value is -1.36. The summed E-state index contributed by atoms with van der Waals surface area (Å²) in [7, 11) is 0. The second-order valence-electron chi connectivity index (χ2n) is 6.15. The molecular formula is C16H21BrO4. The number of carbonyl (C=O) groups excluding carboxylic acids is 1. The van der Waals surface area contributed by atoms with Gasteiger partial charge in [-0.15, -0.1) is 0 Å². The molecule has 0 amide bonds. The van der Waals surface area contributed by atoms with Gasteiger partial charge in [0.15, 0.2) is 0 Å². The molecule has 0 aliphatic heterocycles. The Balaban J connectivity index is 3.60. The SMILES string of the molecule is CCOC(=O)c1cc(Br)c(C)c(CC(C)(C)C)c1C(=O)O. The van der Waals surface area contributed by atoms with Crippen LogP contribution < -0.4 is 0 Å². The Kier molecular flexibility index (Phi) is 5.56. The smallest absolute Gasteiger partial charge is 0.339 e. The van der Waals surface area contributed by atoms with Gasteiger partial charge >= 0.3 is 11.9 Å². The van der Waals surface area contributed by atoms with E-state index in [2.05, 4.69) is 15.9 Å².